The van der Waals surface area contributed by atoms with E-state index in [1.807, 2.05) is 0 Å². The molecular formula is C19H27NO2. The number of ether oxygens (including phenoxy) is 2. The Hall–Kier alpha value is -1.22. The molecule has 120 valence electrons. The van der Waals surface area contributed by atoms with Crippen molar-refractivity contribution in [3.8, 4) is 11.5 Å². The summed E-state index contributed by atoms with van der Waals surface area (Å²) < 4.78 is 12.1. The third kappa shape index (κ3) is 2.60. The third-order valence-electron chi connectivity index (χ3n) is 5.83. The van der Waals surface area contributed by atoms with Crippen LogP contribution in [0.3, 0.4) is 0 Å². The molecule has 1 aliphatic carbocycles. The molecule has 2 atom stereocenters. The van der Waals surface area contributed by atoms with Gasteiger partial charge in [-0.1, -0.05) is 19.3 Å². The largest absolute Gasteiger partial charge is 0.493 e. The minimum atomic E-state index is 0.0923. The molecule has 0 aromatic heterocycles. The Balaban J connectivity index is 1.49. The van der Waals surface area contributed by atoms with E-state index in [2.05, 4.69) is 30.4 Å². The van der Waals surface area contributed by atoms with Crippen molar-refractivity contribution in [3.05, 3.63) is 23.8 Å². The average Bonchev–Trinajstić information content (AvgIpc) is 2.96. The van der Waals surface area contributed by atoms with Gasteiger partial charge in [-0.2, -0.15) is 0 Å². The van der Waals surface area contributed by atoms with E-state index in [1.165, 1.54) is 44.1 Å². The highest BCUT2D eigenvalue weighted by atomic mass is 16.5. The second kappa shape index (κ2) is 5.77. The lowest BCUT2D eigenvalue weighted by atomic mass is 9.80. The molecular weight excluding hydrogens is 274 g/mol. The summed E-state index contributed by atoms with van der Waals surface area (Å²) in [5.41, 5.74) is 1.43. The van der Waals surface area contributed by atoms with Crippen molar-refractivity contribution in [3.63, 3.8) is 0 Å². The summed E-state index contributed by atoms with van der Waals surface area (Å²) in [4.78, 5) is 0. The van der Waals surface area contributed by atoms with Gasteiger partial charge in [0.15, 0.2) is 0 Å². The molecule has 0 spiro atoms. The Labute approximate surface area is 133 Å². The third-order valence-corrected chi connectivity index (χ3v) is 5.83. The van der Waals surface area contributed by atoms with Gasteiger partial charge in [-0.25, -0.2) is 0 Å². The predicted molar refractivity (Wildman–Crippen MR) is 87.8 cm³/mol. The molecule has 0 bridgehead atoms. The summed E-state index contributed by atoms with van der Waals surface area (Å²) in [5.74, 6) is 3.37. The van der Waals surface area contributed by atoms with Crippen molar-refractivity contribution in [1.82, 2.24) is 5.32 Å². The first-order valence-electron chi connectivity index (χ1n) is 8.89. The van der Waals surface area contributed by atoms with Crippen LogP contribution in [0, 0.1) is 5.92 Å². The highest BCUT2D eigenvalue weighted by Gasteiger charge is 2.44. The molecule has 1 saturated carbocycles. The van der Waals surface area contributed by atoms with Crippen molar-refractivity contribution in [2.75, 3.05) is 19.8 Å². The molecule has 1 saturated heterocycles. The quantitative estimate of drug-likeness (QED) is 0.919. The molecule has 3 nitrogen and oxygen atoms in total. The molecule has 0 radical (unpaired) electrons. The van der Waals surface area contributed by atoms with E-state index < -0.39 is 0 Å². The second-order valence-corrected chi connectivity index (χ2v) is 7.49. The lowest BCUT2D eigenvalue weighted by molar-refractivity contribution is 0.169. The highest BCUT2D eigenvalue weighted by Crippen LogP contribution is 2.45. The Kier molecular flexibility index (Phi) is 3.77. The van der Waals surface area contributed by atoms with E-state index in [0.29, 0.717) is 5.92 Å². The highest BCUT2D eigenvalue weighted by molar-refractivity contribution is 5.46. The summed E-state index contributed by atoms with van der Waals surface area (Å²) in [6.07, 6.45) is 8.01. The smallest absolute Gasteiger partial charge is 0.123 e. The van der Waals surface area contributed by atoms with E-state index in [9.17, 15) is 0 Å². The molecule has 2 aliphatic heterocycles. The van der Waals surface area contributed by atoms with Gasteiger partial charge in [-0.05, 0) is 56.8 Å². The zero-order valence-corrected chi connectivity index (χ0v) is 13.6. The maximum atomic E-state index is 6.12. The number of rotatable bonds is 3. The number of nitrogens with one attached hydrogen (secondary N) is 1. The molecule has 1 N–H and O–H groups in total. The van der Waals surface area contributed by atoms with Crippen LogP contribution in [0.25, 0.3) is 0 Å². The van der Waals surface area contributed by atoms with Crippen LogP contribution in [0.15, 0.2) is 18.2 Å². The van der Waals surface area contributed by atoms with Crippen LogP contribution < -0.4 is 14.8 Å². The van der Waals surface area contributed by atoms with Crippen molar-refractivity contribution in [2.45, 2.75) is 56.9 Å². The average molecular weight is 301 g/mol. The monoisotopic (exact) mass is 301 g/mol. The van der Waals surface area contributed by atoms with Gasteiger partial charge in [0.05, 0.1) is 12.1 Å². The van der Waals surface area contributed by atoms with E-state index >= 15 is 0 Å². The summed E-state index contributed by atoms with van der Waals surface area (Å²) in [6.45, 7) is 5.01. The van der Waals surface area contributed by atoms with E-state index in [1.54, 1.807) is 0 Å². The normalized spacial score (nSPS) is 31.2. The minimum Gasteiger partial charge on any atom is -0.493 e. The molecule has 22 heavy (non-hydrogen) atoms. The molecule has 0 unspecified atom stereocenters. The molecule has 1 aromatic rings. The molecule has 4 rings (SSSR count). The maximum Gasteiger partial charge on any atom is 0.123 e. The van der Waals surface area contributed by atoms with Crippen molar-refractivity contribution < 1.29 is 9.47 Å². The second-order valence-electron chi connectivity index (χ2n) is 7.49. The summed E-state index contributed by atoms with van der Waals surface area (Å²) in [5, 5.41) is 3.61. The van der Waals surface area contributed by atoms with Gasteiger partial charge in [0, 0.05) is 11.5 Å². The SMILES string of the molecule is C[C@@]12COc3ccc(OCC4CCCCC4)cc3[C@@H]1CCN2. The zero-order chi connectivity index (χ0) is 15.0. The van der Waals surface area contributed by atoms with Gasteiger partial charge in [0.2, 0.25) is 0 Å². The summed E-state index contributed by atoms with van der Waals surface area (Å²) >= 11 is 0. The minimum absolute atomic E-state index is 0.0923. The van der Waals surface area contributed by atoms with Gasteiger partial charge < -0.3 is 14.8 Å². The lowest BCUT2D eigenvalue weighted by Gasteiger charge is -2.37. The molecule has 0 amide bonds. The fourth-order valence-corrected chi connectivity index (χ4v) is 4.41. The molecule has 2 fully saturated rings. The van der Waals surface area contributed by atoms with Crippen LogP contribution in [-0.2, 0) is 0 Å². The maximum absolute atomic E-state index is 6.12. The van der Waals surface area contributed by atoms with E-state index in [4.69, 9.17) is 9.47 Å². The topological polar surface area (TPSA) is 30.5 Å². The number of benzene rings is 1. The van der Waals surface area contributed by atoms with Crippen molar-refractivity contribution in [2.24, 2.45) is 5.92 Å². The van der Waals surface area contributed by atoms with Gasteiger partial charge in [0.25, 0.3) is 0 Å². The molecule has 3 aliphatic rings. The van der Waals surface area contributed by atoms with Crippen LogP contribution in [0.4, 0.5) is 0 Å². The zero-order valence-electron chi connectivity index (χ0n) is 13.6. The Morgan fingerprint density at radius 3 is 2.95 bits per heavy atom. The standard InChI is InChI=1S/C19H27NO2/c1-19-13-22-18-8-7-15(11-16(18)17(19)9-10-20-19)21-12-14-5-3-2-4-6-14/h7-8,11,14,17,20H,2-6,9-10,12-13H2,1H3/t17-,19+/m0/s1. The van der Waals surface area contributed by atoms with Gasteiger partial charge in [0.1, 0.15) is 18.1 Å². The van der Waals surface area contributed by atoms with Crippen LogP contribution in [0.1, 0.15) is 56.9 Å². The van der Waals surface area contributed by atoms with Crippen LogP contribution in [-0.4, -0.2) is 25.3 Å². The number of hydrogen-bond donors (Lipinski definition) is 1. The Morgan fingerprint density at radius 2 is 2.09 bits per heavy atom. The number of hydrogen-bond acceptors (Lipinski definition) is 3. The molecule has 3 heteroatoms. The Morgan fingerprint density at radius 1 is 1.23 bits per heavy atom. The summed E-state index contributed by atoms with van der Waals surface area (Å²) in [6, 6.07) is 6.41. The van der Waals surface area contributed by atoms with Crippen LogP contribution >= 0.6 is 0 Å². The van der Waals surface area contributed by atoms with E-state index in [-0.39, 0.29) is 5.54 Å². The first-order valence-corrected chi connectivity index (χ1v) is 8.89. The first-order chi connectivity index (χ1) is 10.7. The summed E-state index contributed by atoms with van der Waals surface area (Å²) in [7, 11) is 0. The van der Waals surface area contributed by atoms with Gasteiger partial charge in [-0.3, -0.25) is 0 Å². The molecule has 2 heterocycles. The fourth-order valence-electron chi connectivity index (χ4n) is 4.41. The first kappa shape index (κ1) is 14.4. The fraction of sp³-hybridized carbons (Fsp3) is 0.684. The van der Waals surface area contributed by atoms with Crippen molar-refractivity contribution in [1.29, 1.82) is 0 Å². The lowest BCUT2D eigenvalue weighted by Crippen LogP contribution is -2.48. The Bertz CT molecular complexity index is 538. The van der Waals surface area contributed by atoms with Gasteiger partial charge >= 0.3 is 0 Å². The molecule has 1 aromatic carbocycles. The van der Waals surface area contributed by atoms with E-state index in [0.717, 1.165) is 37.2 Å². The van der Waals surface area contributed by atoms with Crippen LogP contribution in [0.2, 0.25) is 0 Å². The number of fused-ring (bicyclic) bond motifs is 3. The predicted octanol–water partition coefficient (Wildman–Crippen LogP) is 3.87. The van der Waals surface area contributed by atoms with Crippen LogP contribution in [0.5, 0.6) is 11.5 Å². The van der Waals surface area contributed by atoms with Crippen molar-refractivity contribution >= 4 is 0 Å². The van der Waals surface area contributed by atoms with Gasteiger partial charge in [-0.15, -0.1) is 0 Å².